The molecule has 0 aliphatic carbocycles. The van der Waals surface area contributed by atoms with E-state index in [1.54, 1.807) is 0 Å². The van der Waals surface area contributed by atoms with Crippen molar-refractivity contribution in [3.8, 4) is 0 Å². The zero-order valence-electron chi connectivity index (χ0n) is 13.9. The smallest absolute Gasteiger partial charge is 0.410 e. The summed E-state index contributed by atoms with van der Waals surface area (Å²) in [5.74, 6) is 0.688. The molecule has 1 heterocycles. The lowest BCUT2D eigenvalue weighted by molar-refractivity contribution is 0.0183. The Morgan fingerprint density at radius 1 is 1.35 bits per heavy atom. The molecule has 1 aliphatic heterocycles. The van der Waals surface area contributed by atoms with Gasteiger partial charge in [-0.05, 0) is 59.4 Å². The van der Waals surface area contributed by atoms with Gasteiger partial charge < -0.3 is 15.0 Å². The van der Waals surface area contributed by atoms with Gasteiger partial charge in [0.25, 0.3) is 0 Å². The van der Waals surface area contributed by atoms with E-state index >= 15 is 0 Å². The number of likely N-dealkylation sites (tertiary alicyclic amines) is 1. The molecule has 1 fully saturated rings. The maximum Gasteiger partial charge on any atom is 0.410 e. The maximum absolute atomic E-state index is 12.0. The Labute approximate surface area is 124 Å². The van der Waals surface area contributed by atoms with Gasteiger partial charge in [-0.3, -0.25) is 0 Å². The molecular weight excluding hydrogens is 252 g/mol. The van der Waals surface area contributed by atoms with Crippen molar-refractivity contribution < 1.29 is 9.53 Å². The third-order valence-electron chi connectivity index (χ3n) is 3.74. The molecule has 0 aromatic carbocycles. The van der Waals surface area contributed by atoms with Crippen molar-refractivity contribution in [2.75, 3.05) is 19.6 Å². The lowest BCUT2D eigenvalue weighted by atomic mass is 9.96. The van der Waals surface area contributed by atoms with E-state index < -0.39 is 5.60 Å². The number of hydrogen-bond acceptors (Lipinski definition) is 3. The summed E-state index contributed by atoms with van der Waals surface area (Å²) in [5.41, 5.74) is -0.398. The highest BCUT2D eigenvalue weighted by atomic mass is 16.6. The van der Waals surface area contributed by atoms with Gasteiger partial charge in [-0.15, -0.1) is 0 Å². The second-order valence-corrected chi connectivity index (χ2v) is 7.01. The van der Waals surface area contributed by atoms with E-state index in [0.717, 1.165) is 32.5 Å². The van der Waals surface area contributed by atoms with Crippen molar-refractivity contribution in [3.63, 3.8) is 0 Å². The predicted molar refractivity (Wildman–Crippen MR) is 82.9 cm³/mol. The van der Waals surface area contributed by atoms with E-state index in [4.69, 9.17) is 4.74 Å². The molecule has 1 aliphatic rings. The Balaban J connectivity index is 2.24. The molecule has 1 unspecified atom stereocenters. The van der Waals surface area contributed by atoms with Crippen LogP contribution in [0.25, 0.3) is 0 Å². The first-order valence-corrected chi connectivity index (χ1v) is 8.03. The SMILES string of the molecule is CCCC(C)NCC1CCN(C(=O)OC(C)(C)C)CC1. The largest absolute Gasteiger partial charge is 0.444 e. The normalized spacial score (nSPS) is 18.9. The summed E-state index contributed by atoms with van der Waals surface area (Å²) in [5, 5.41) is 3.60. The van der Waals surface area contributed by atoms with Gasteiger partial charge in [0.1, 0.15) is 5.60 Å². The number of piperidine rings is 1. The minimum Gasteiger partial charge on any atom is -0.444 e. The third-order valence-corrected chi connectivity index (χ3v) is 3.74. The van der Waals surface area contributed by atoms with Gasteiger partial charge in [-0.25, -0.2) is 4.79 Å². The van der Waals surface area contributed by atoms with E-state index in [-0.39, 0.29) is 6.09 Å². The first kappa shape index (κ1) is 17.3. The average molecular weight is 284 g/mol. The van der Waals surface area contributed by atoms with Crippen molar-refractivity contribution in [2.45, 2.75) is 71.9 Å². The van der Waals surface area contributed by atoms with Crippen molar-refractivity contribution in [1.29, 1.82) is 0 Å². The van der Waals surface area contributed by atoms with Crippen molar-refractivity contribution in [1.82, 2.24) is 10.2 Å². The van der Waals surface area contributed by atoms with Gasteiger partial charge in [0, 0.05) is 19.1 Å². The highest BCUT2D eigenvalue weighted by Crippen LogP contribution is 2.19. The minimum absolute atomic E-state index is 0.164. The molecule has 0 radical (unpaired) electrons. The molecular formula is C16H32N2O2. The summed E-state index contributed by atoms with van der Waals surface area (Å²) in [6.07, 6.45) is 4.45. The Hall–Kier alpha value is -0.770. The third kappa shape index (κ3) is 6.60. The molecule has 4 nitrogen and oxygen atoms in total. The highest BCUT2D eigenvalue weighted by Gasteiger charge is 2.26. The summed E-state index contributed by atoms with van der Waals surface area (Å²) in [7, 11) is 0. The number of amides is 1. The van der Waals surface area contributed by atoms with Gasteiger partial charge >= 0.3 is 6.09 Å². The van der Waals surface area contributed by atoms with E-state index in [1.807, 2.05) is 25.7 Å². The van der Waals surface area contributed by atoms with Crippen molar-refractivity contribution in [2.24, 2.45) is 5.92 Å². The predicted octanol–water partition coefficient (Wildman–Crippen LogP) is 3.41. The van der Waals surface area contributed by atoms with Crippen LogP contribution in [0.5, 0.6) is 0 Å². The van der Waals surface area contributed by atoms with Crippen molar-refractivity contribution >= 4 is 6.09 Å². The Morgan fingerprint density at radius 3 is 2.45 bits per heavy atom. The second kappa shape index (κ2) is 7.87. The molecule has 0 aromatic rings. The van der Waals surface area contributed by atoms with Crippen molar-refractivity contribution in [3.05, 3.63) is 0 Å². The molecule has 1 N–H and O–H groups in total. The molecule has 0 saturated carbocycles. The van der Waals surface area contributed by atoms with E-state index in [2.05, 4.69) is 19.2 Å². The lowest BCUT2D eigenvalue weighted by Gasteiger charge is -2.34. The number of carbonyl (C=O) groups is 1. The van der Waals surface area contributed by atoms with Gasteiger partial charge in [0.2, 0.25) is 0 Å². The summed E-state index contributed by atoms with van der Waals surface area (Å²) in [4.78, 5) is 13.8. The number of rotatable bonds is 5. The van der Waals surface area contributed by atoms with Gasteiger partial charge in [0.15, 0.2) is 0 Å². The van der Waals surface area contributed by atoms with Crippen LogP contribution in [-0.4, -0.2) is 42.3 Å². The van der Waals surface area contributed by atoms with E-state index in [9.17, 15) is 4.79 Å². The number of nitrogens with zero attached hydrogens (tertiary/aromatic N) is 1. The average Bonchev–Trinajstić information content (AvgIpc) is 2.35. The molecule has 1 atom stereocenters. The van der Waals surface area contributed by atoms with Crippen LogP contribution in [0.2, 0.25) is 0 Å². The van der Waals surface area contributed by atoms with Crippen LogP contribution in [0, 0.1) is 5.92 Å². The van der Waals surface area contributed by atoms with E-state index in [0.29, 0.717) is 12.0 Å². The Morgan fingerprint density at radius 2 is 1.95 bits per heavy atom. The topological polar surface area (TPSA) is 41.6 Å². The number of ether oxygens (including phenoxy) is 1. The fraction of sp³-hybridized carbons (Fsp3) is 0.938. The van der Waals surface area contributed by atoms with Gasteiger partial charge in [-0.1, -0.05) is 13.3 Å². The number of carbonyl (C=O) groups excluding carboxylic acids is 1. The molecule has 118 valence electrons. The molecule has 20 heavy (non-hydrogen) atoms. The summed E-state index contributed by atoms with van der Waals surface area (Å²) in [6, 6.07) is 0.601. The summed E-state index contributed by atoms with van der Waals surface area (Å²) >= 11 is 0. The number of nitrogens with one attached hydrogen (secondary N) is 1. The number of hydrogen-bond donors (Lipinski definition) is 1. The van der Waals surface area contributed by atoms with Crippen LogP contribution >= 0.6 is 0 Å². The van der Waals surface area contributed by atoms with Gasteiger partial charge in [0.05, 0.1) is 0 Å². The Kier molecular flexibility index (Phi) is 6.80. The molecule has 1 saturated heterocycles. The molecule has 1 rings (SSSR count). The first-order valence-electron chi connectivity index (χ1n) is 8.03. The zero-order chi connectivity index (χ0) is 15.2. The molecule has 0 bridgehead atoms. The maximum atomic E-state index is 12.0. The fourth-order valence-electron chi connectivity index (χ4n) is 2.55. The Bertz CT molecular complexity index is 291. The van der Waals surface area contributed by atoms with Crippen LogP contribution in [0.4, 0.5) is 4.79 Å². The molecule has 0 aromatic heterocycles. The lowest BCUT2D eigenvalue weighted by Crippen LogP contribution is -2.43. The van der Waals surface area contributed by atoms with Crippen LogP contribution in [-0.2, 0) is 4.74 Å². The molecule has 4 heteroatoms. The summed E-state index contributed by atoms with van der Waals surface area (Å²) in [6.45, 7) is 12.9. The minimum atomic E-state index is -0.398. The van der Waals surface area contributed by atoms with Crippen LogP contribution in [0.15, 0.2) is 0 Å². The van der Waals surface area contributed by atoms with E-state index in [1.165, 1.54) is 12.8 Å². The zero-order valence-corrected chi connectivity index (χ0v) is 13.9. The fourth-order valence-corrected chi connectivity index (χ4v) is 2.55. The summed E-state index contributed by atoms with van der Waals surface area (Å²) < 4.78 is 5.41. The molecule has 0 spiro atoms. The quantitative estimate of drug-likeness (QED) is 0.841. The monoisotopic (exact) mass is 284 g/mol. The highest BCUT2D eigenvalue weighted by molar-refractivity contribution is 5.68. The van der Waals surface area contributed by atoms with Crippen LogP contribution < -0.4 is 5.32 Å². The van der Waals surface area contributed by atoms with Crippen LogP contribution in [0.3, 0.4) is 0 Å². The van der Waals surface area contributed by atoms with Crippen LogP contribution in [0.1, 0.15) is 60.3 Å². The second-order valence-electron chi connectivity index (χ2n) is 7.01. The first-order chi connectivity index (χ1) is 9.31. The standard InChI is InChI=1S/C16H32N2O2/c1-6-7-13(2)17-12-14-8-10-18(11-9-14)15(19)20-16(3,4)5/h13-14,17H,6-12H2,1-5H3. The van der Waals surface area contributed by atoms with Gasteiger partial charge in [-0.2, -0.15) is 0 Å². The molecule has 1 amide bonds.